The summed E-state index contributed by atoms with van der Waals surface area (Å²) in [7, 11) is 1.46. The van der Waals surface area contributed by atoms with Crippen LogP contribution in [-0.2, 0) is 16.2 Å². The summed E-state index contributed by atoms with van der Waals surface area (Å²) >= 11 is 0. The maximum Gasteiger partial charge on any atom is 0.269 e. The number of ether oxygens (including phenoxy) is 1. The monoisotopic (exact) mass is 413 g/mol. The van der Waals surface area contributed by atoms with E-state index in [4.69, 9.17) is 9.57 Å². The van der Waals surface area contributed by atoms with Crippen molar-refractivity contribution in [2.75, 3.05) is 25.5 Å². The smallest absolute Gasteiger partial charge is 0.269 e. The minimum absolute atomic E-state index is 0.0167. The second kappa shape index (κ2) is 8.17. The van der Waals surface area contributed by atoms with Crippen LogP contribution >= 0.6 is 0 Å². The van der Waals surface area contributed by atoms with E-state index in [1.165, 1.54) is 19.2 Å². The SMILES string of the molecule is CNC(=O)c1ccc(C2=CCN(Cc3cnc4c(c3)NC(=O)C(C)O4)OC2)c(F)n1. The van der Waals surface area contributed by atoms with Crippen LogP contribution in [0, 0.1) is 5.95 Å². The highest BCUT2D eigenvalue weighted by molar-refractivity contribution is 5.97. The zero-order chi connectivity index (χ0) is 21.3. The zero-order valence-corrected chi connectivity index (χ0v) is 16.4. The van der Waals surface area contributed by atoms with Crippen molar-refractivity contribution in [3.8, 4) is 5.88 Å². The van der Waals surface area contributed by atoms with Crippen LogP contribution in [0.3, 0.4) is 0 Å². The summed E-state index contributed by atoms with van der Waals surface area (Å²) in [5.41, 5.74) is 2.31. The molecule has 10 heteroatoms. The van der Waals surface area contributed by atoms with Gasteiger partial charge in [0.1, 0.15) is 11.4 Å². The van der Waals surface area contributed by atoms with E-state index in [-0.39, 0.29) is 18.2 Å². The van der Waals surface area contributed by atoms with Crippen molar-refractivity contribution in [3.63, 3.8) is 0 Å². The molecule has 2 aromatic heterocycles. The van der Waals surface area contributed by atoms with Crippen molar-refractivity contribution in [1.82, 2.24) is 20.3 Å². The van der Waals surface area contributed by atoms with E-state index < -0.39 is 18.0 Å². The molecular weight excluding hydrogens is 393 g/mol. The van der Waals surface area contributed by atoms with E-state index in [2.05, 4.69) is 20.6 Å². The molecule has 156 valence electrons. The standard InChI is InChI=1S/C20H20FN5O4/c1-11-18(27)25-16-7-12(8-23-20(16)30-11)9-26-6-5-13(10-29-26)14-3-4-15(19(28)22-2)24-17(14)21/h3-5,7-8,11H,6,9-10H2,1-2H3,(H,22,28)(H,25,27). The van der Waals surface area contributed by atoms with Gasteiger partial charge in [0.05, 0.1) is 13.2 Å². The molecular formula is C20H20FN5O4. The van der Waals surface area contributed by atoms with Crippen LogP contribution in [0.15, 0.2) is 30.5 Å². The van der Waals surface area contributed by atoms with Crippen LogP contribution < -0.4 is 15.4 Å². The molecule has 0 spiro atoms. The Kier molecular flexibility index (Phi) is 5.42. The maximum atomic E-state index is 14.3. The Bertz CT molecular complexity index is 1040. The van der Waals surface area contributed by atoms with E-state index in [1.807, 2.05) is 6.08 Å². The highest BCUT2D eigenvalue weighted by Crippen LogP contribution is 2.29. The number of carbonyl (C=O) groups excluding carboxylic acids is 2. The molecule has 2 aliphatic heterocycles. The van der Waals surface area contributed by atoms with Gasteiger partial charge in [0.25, 0.3) is 11.8 Å². The van der Waals surface area contributed by atoms with Crippen molar-refractivity contribution >= 4 is 23.1 Å². The van der Waals surface area contributed by atoms with Gasteiger partial charge >= 0.3 is 0 Å². The van der Waals surface area contributed by atoms with Crippen molar-refractivity contribution in [1.29, 1.82) is 0 Å². The lowest BCUT2D eigenvalue weighted by Crippen LogP contribution is -2.35. The average molecular weight is 413 g/mol. The number of amides is 2. The van der Waals surface area contributed by atoms with Crippen molar-refractivity contribution < 1.29 is 23.6 Å². The molecule has 30 heavy (non-hydrogen) atoms. The topological polar surface area (TPSA) is 106 Å². The van der Waals surface area contributed by atoms with E-state index >= 15 is 0 Å². The van der Waals surface area contributed by atoms with Gasteiger partial charge in [0, 0.05) is 25.4 Å². The molecule has 0 radical (unpaired) electrons. The largest absolute Gasteiger partial charge is 0.463 e. The molecule has 1 atom stereocenters. The molecule has 4 heterocycles. The van der Waals surface area contributed by atoms with E-state index in [9.17, 15) is 14.0 Å². The number of hydrogen-bond acceptors (Lipinski definition) is 7. The van der Waals surface area contributed by atoms with Gasteiger partial charge in [-0.1, -0.05) is 6.08 Å². The fraction of sp³-hybridized carbons (Fsp3) is 0.300. The summed E-state index contributed by atoms with van der Waals surface area (Å²) in [6.45, 7) is 2.66. The Morgan fingerprint density at radius 1 is 1.43 bits per heavy atom. The molecule has 2 aliphatic rings. The molecule has 0 fully saturated rings. The summed E-state index contributed by atoms with van der Waals surface area (Å²) in [5, 5.41) is 6.87. The number of anilines is 1. The highest BCUT2D eigenvalue weighted by Gasteiger charge is 2.25. The molecule has 9 nitrogen and oxygen atoms in total. The van der Waals surface area contributed by atoms with Crippen LogP contribution in [-0.4, -0.2) is 53.1 Å². The highest BCUT2D eigenvalue weighted by atomic mass is 19.1. The van der Waals surface area contributed by atoms with Gasteiger partial charge in [-0.2, -0.15) is 9.45 Å². The molecule has 2 N–H and O–H groups in total. The molecule has 4 rings (SSSR count). The minimum atomic E-state index is -0.719. The lowest BCUT2D eigenvalue weighted by molar-refractivity contribution is -0.150. The van der Waals surface area contributed by atoms with E-state index in [0.29, 0.717) is 35.8 Å². The first-order chi connectivity index (χ1) is 14.4. The Balaban J connectivity index is 1.43. The van der Waals surface area contributed by atoms with Crippen LogP contribution in [0.2, 0.25) is 0 Å². The summed E-state index contributed by atoms with van der Waals surface area (Å²) in [6, 6.07) is 4.78. The molecule has 0 aliphatic carbocycles. The minimum Gasteiger partial charge on any atom is -0.463 e. The Morgan fingerprint density at radius 2 is 2.27 bits per heavy atom. The molecule has 2 aromatic rings. The normalized spacial score (nSPS) is 18.7. The third-order valence-corrected chi connectivity index (χ3v) is 4.78. The Hall–Kier alpha value is -3.37. The van der Waals surface area contributed by atoms with Gasteiger partial charge in [-0.05, 0) is 36.3 Å². The van der Waals surface area contributed by atoms with Gasteiger partial charge in [0.2, 0.25) is 11.8 Å². The zero-order valence-electron chi connectivity index (χ0n) is 16.4. The lowest BCUT2D eigenvalue weighted by atomic mass is 10.1. The number of fused-ring (bicyclic) bond motifs is 1. The van der Waals surface area contributed by atoms with Gasteiger partial charge in [-0.25, -0.2) is 9.97 Å². The number of nitrogens with one attached hydrogen (secondary N) is 2. The van der Waals surface area contributed by atoms with Crippen molar-refractivity contribution in [3.05, 3.63) is 53.2 Å². The van der Waals surface area contributed by atoms with Crippen LogP contribution in [0.25, 0.3) is 5.57 Å². The second-order valence-corrected chi connectivity index (χ2v) is 6.88. The van der Waals surface area contributed by atoms with Crippen LogP contribution in [0.1, 0.15) is 28.5 Å². The fourth-order valence-electron chi connectivity index (χ4n) is 3.14. The first-order valence-corrected chi connectivity index (χ1v) is 9.37. The van der Waals surface area contributed by atoms with E-state index in [1.54, 1.807) is 24.3 Å². The number of pyridine rings is 2. The van der Waals surface area contributed by atoms with Gasteiger partial charge in [-0.15, -0.1) is 0 Å². The second-order valence-electron chi connectivity index (χ2n) is 6.88. The molecule has 2 amide bonds. The van der Waals surface area contributed by atoms with Gasteiger partial charge < -0.3 is 15.4 Å². The summed E-state index contributed by atoms with van der Waals surface area (Å²) < 4.78 is 19.8. The first kappa shape index (κ1) is 19.9. The first-order valence-electron chi connectivity index (χ1n) is 9.37. The average Bonchev–Trinajstić information content (AvgIpc) is 2.75. The number of nitrogens with zero attached hydrogens (tertiary/aromatic N) is 3. The third-order valence-electron chi connectivity index (χ3n) is 4.78. The molecule has 0 saturated carbocycles. The number of halogens is 1. The number of carbonyl (C=O) groups is 2. The van der Waals surface area contributed by atoms with Crippen molar-refractivity contribution in [2.24, 2.45) is 0 Å². The van der Waals surface area contributed by atoms with Crippen LogP contribution in [0.5, 0.6) is 5.88 Å². The van der Waals surface area contributed by atoms with E-state index in [0.717, 1.165) is 5.56 Å². The predicted octanol–water partition coefficient (Wildman–Crippen LogP) is 1.53. The quantitative estimate of drug-likeness (QED) is 0.732. The lowest BCUT2D eigenvalue weighted by Gasteiger charge is -2.27. The molecule has 1 unspecified atom stereocenters. The fourth-order valence-corrected chi connectivity index (χ4v) is 3.14. The Labute approximate surface area is 171 Å². The van der Waals surface area contributed by atoms with Crippen LogP contribution in [0.4, 0.5) is 10.1 Å². The maximum absolute atomic E-state index is 14.3. The number of hydrogen-bond donors (Lipinski definition) is 2. The van der Waals surface area contributed by atoms with Gasteiger partial charge in [-0.3, -0.25) is 14.4 Å². The summed E-state index contributed by atoms with van der Waals surface area (Å²) in [4.78, 5) is 37.0. The predicted molar refractivity (Wildman–Crippen MR) is 105 cm³/mol. The van der Waals surface area contributed by atoms with Gasteiger partial charge in [0.15, 0.2) is 6.10 Å². The number of aromatic nitrogens is 2. The number of rotatable bonds is 4. The Morgan fingerprint density at radius 3 is 2.97 bits per heavy atom. The molecule has 0 aromatic carbocycles. The molecule has 0 saturated heterocycles. The third kappa shape index (κ3) is 4.00. The summed E-state index contributed by atoms with van der Waals surface area (Å²) in [6.07, 6.45) is 2.93. The number of hydroxylamine groups is 2. The van der Waals surface area contributed by atoms with Crippen molar-refractivity contribution in [2.45, 2.75) is 19.6 Å². The molecule has 0 bridgehead atoms. The summed E-state index contributed by atoms with van der Waals surface area (Å²) in [5.74, 6) is -1.00.